The molecule has 0 radical (unpaired) electrons. The molecule has 4 heterocycles. The van der Waals surface area contributed by atoms with Gasteiger partial charge in [-0.1, -0.05) is 30.3 Å². The van der Waals surface area contributed by atoms with Crippen LogP contribution < -0.4 is 5.32 Å². The van der Waals surface area contributed by atoms with Gasteiger partial charge in [-0.3, -0.25) is 19.3 Å². The summed E-state index contributed by atoms with van der Waals surface area (Å²) in [4.78, 5) is 35.7. The summed E-state index contributed by atoms with van der Waals surface area (Å²) in [5.74, 6) is 0.902. The largest absolute Gasteiger partial charge is 0.483 e. The number of carbonyl (C=O) groups is 3. The third-order valence-electron chi connectivity index (χ3n) is 6.83. The van der Waals surface area contributed by atoms with Crippen LogP contribution in [0.2, 0.25) is 0 Å². The molecule has 0 aliphatic carbocycles. The van der Waals surface area contributed by atoms with E-state index in [1.807, 2.05) is 55.1 Å². The molecule has 188 valence electrons. The van der Waals surface area contributed by atoms with Crippen LogP contribution in [0.25, 0.3) is 6.08 Å². The Labute approximate surface area is 204 Å². The number of imidazole rings is 1. The molecule has 0 unspecified atom stereocenters. The Morgan fingerprint density at radius 3 is 2.63 bits per heavy atom. The molecule has 3 aliphatic rings. The van der Waals surface area contributed by atoms with E-state index >= 15 is 0 Å². The Hall–Kier alpha value is -3.50. The van der Waals surface area contributed by atoms with Crippen molar-refractivity contribution in [2.75, 3.05) is 26.2 Å². The fourth-order valence-electron chi connectivity index (χ4n) is 5.42. The molecule has 2 aromatic rings. The van der Waals surface area contributed by atoms with E-state index in [0.717, 1.165) is 44.6 Å². The molecule has 1 amide bonds. The number of aromatic nitrogens is 2. The maximum absolute atomic E-state index is 12.3. The second-order valence-corrected chi connectivity index (χ2v) is 8.77. The van der Waals surface area contributed by atoms with Crippen LogP contribution >= 0.6 is 0 Å². The van der Waals surface area contributed by atoms with E-state index in [-0.39, 0.29) is 24.5 Å². The molecule has 3 N–H and O–H groups in total. The van der Waals surface area contributed by atoms with Gasteiger partial charge in [-0.05, 0) is 24.5 Å². The number of hydrogen-bond acceptors (Lipinski definition) is 6. The third kappa shape index (κ3) is 6.77. The van der Waals surface area contributed by atoms with Gasteiger partial charge in [-0.2, -0.15) is 0 Å². The highest BCUT2D eigenvalue weighted by atomic mass is 16.5. The van der Waals surface area contributed by atoms with Gasteiger partial charge in [0, 0.05) is 63.0 Å². The topological polar surface area (TPSA) is 134 Å². The van der Waals surface area contributed by atoms with Crippen LogP contribution in [0.4, 0.5) is 0 Å². The molecule has 5 rings (SSSR count). The van der Waals surface area contributed by atoms with Crippen molar-refractivity contribution >= 4 is 24.9 Å². The molecule has 0 saturated carbocycles. The van der Waals surface area contributed by atoms with Crippen molar-refractivity contribution in [2.45, 2.75) is 31.1 Å². The van der Waals surface area contributed by atoms with Crippen molar-refractivity contribution in [3.63, 3.8) is 0 Å². The first-order valence-corrected chi connectivity index (χ1v) is 11.6. The average Bonchev–Trinajstić information content (AvgIpc) is 3.63. The van der Waals surface area contributed by atoms with Gasteiger partial charge in [0.25, 0.3) is 12.9 Å². The average molecular weight is 485 g/mol. The van der Waals surface area contributed by atoms with E-state index in [2.05, 4.69) is 19.8 Å². The van der Waals surface area contributed by atoms with E-state index in [4.69, 9.17) is 24.5 Å². The number of nitrogens with zero attached hydrogens (tertiary/aromatic N) is 3. The molecule has 4 atom stereocenters. The summed E-state index contributed by atoms with van der Waals surface area (Å²) in [6.45, 7) is 4.25. The number of amides is 1. The molecular weight excluding hydrogens is 452 g/mol. The Morgan fingerprint density at radius 1 is 1.20 bits per heavy atom. The Bertz CT molecular complexity index is 962. The molecule has 10 heteroatoms. The summed E-state index contributed by atoms with van der Waals surface area (Å²) >= 11 is 0. The van der Waals surface area contributed by atoms with Crippen molar-refractivity contribution in [1.82, 2.24) is 19.8 Å². The maximum Gasteiger partial charge on any atom is 0.290 e. The highest BCUT2D eigenvalue weighted by Crippen LogP contribution is 2.54. The van der Waals surface area contributed by atoms with Gasteiger partial charge in [0.1, 0.15) is 0 Å². The number of nitrogens with one attached hydrogen (secondary N) is 1. The predicted octanol–water partition coefficient (Wildman–Crippen LogP) is 1.59. The summed E-state index contributed by atoms with van der Waals surface area (Å²) in [7, 11) is 0. The normalized spacial score (nSPS) is 26.2. The molecule has 3 aliphatic heterocycles. The quantitative estimate of drug-likeness (QED) is 0.399. The number of carboxylic acid groups (broad SMARTS) is 2. The van der Waals surface area contributed by atoms with Gasteiger partial charge in [0.15, 0.2) is 0 Å². The van der Waals surface area contributed by atoms with Gasteiger partial charge < -0.3 is 24.8 Å². The number of likely N-dealkylation sites (tertiary alicyclic amines) is 1. The van der Waals surface area contributed by atoms with Crippen LogP contribution in [0.15, 0.2) is 55.1 Å². The number of benzene rings is 1. The third-order valence-corrected chi connectivity index (χ3v) is 6.83. The van der Waals surface area contributed by atoms with Crippen LogP contribution in [0.1, 0.15) is 18.4 Å². The van der Waals surface area contributed by atoms with E-state index in [1.54, 1.807) is 6.08 Å². The van der Waals surface area contributed by atoms with E-state index < -0.39 is 0 Å². The monoisotopic (exact) mass is 484 g/mol. The van der Waals surface area contributed by atoms with Crippen molar-refractivity contribution < 1.29 is 29.3 Å². The van der Waals surface area contributed by atoms with Crippen molar-refractivity contribution in [1.29, 1.82) is 0 Å². The van der Waals surface area contributed by atoms with Crippen LogP contribution in [-0.4, -0.2) is 81.4 Å². The summed E-state index contributed by atoms with van der Waals surface area (Å²) in [5.41, 5.74) is 1.05. The number of fused-ring (bicyclic) bond motifs is 1. The number of hydrogen-bond donors (Lipinski definition) is 3. The fourth-order valence-corrected chi connectivity index (χ4v) is 5.42. The Morgan fingerprint density at radius 2 is 1.94 bits per heavy atom. The van der Waals surface area contributed by atoms with Gasteiger partial charge >= 0.3 is 0 Å². The maximum atomic E-state index is 12.3. The fraction of sp³-hybridized carbons (Fsp3) is 0.440. The highest BCUT2D eigenvalue weighted by Gasteiger charge is 2.62. The second-order valence-electron chi connectivity index (χ2n) is 8.77. The number of carbonyl (C=O) groups excluding carboxylic acids is 1. The molecule has 10 nitrogen and oxygen atoms in total. The van der Waals surface area contributed by atoms with Gasteiger partial charge in [-0.25, -0.2) is 4.98 Å². The van der Waals surface area contributed by atoms with Crippen molar-refractivity contribution in [3.8, 4) is 0 Å². The lowest BCUT2D eigenvalue weighted by Crippen LogP contribution is -2.41. The first-order chi connectivity index (χ1) is 17.0. The Balaban J connectivity index is 0.000000520. The minimum atomic E-state index is -0.250. The minimum absolute atomic E-state index is 0.00881. The highest BCUT2D eigenvalue weighted by molar-refractivity contribution is 5.91. The first-order valence-electron chi connectivity index (χ1n) is 11.6. The lowest BCUT2D eigenvalue weighted by atomic mass is 9.73. The van der Waals surface area contributed by atoms with E-state index in [1.165, 1.54) is 0 Å². The van der Waals surface area contributed by atoms with E-state index in [9.17, 15) is 4.79 Å². The van der Waals surface area contributed by atoms with Gasteiger partial charge in [0.05, 0.1) is 18.0 Å². The molecule has 3 saturated heterocycles. The zero-order chi connectivity index (χ0) is 25.1. The Kier molecular flexibility index (Phi) is 9.56. The standard InChI is InChI=1S/C23H28N4O2.2CH2O2/c28-22(7-6-18-4-2-1-3-5-18)25-14-19-20-15-27(13-12-26-11-10-24-17-26)16-23(20)9-8-21(19)29-23;2*2-1-3/h1-7,10-11,17,19-21H,8-9,12-16H2,(H,25,28);2*1H,(H,2,3)/t19-,20+,21+,23+;;/m0../s1. The summed E-state index contributed by atoms with van der Waals surface area (Å²) in [6, 6.07) is 9.91. The van der Waals surface area contributed by atoms with Crippen molar-refractivity contribution in [2.24, 2.45) is 11.8 Å². The van der Waals surface area contributed by atoms with Crippen LogP contribution in [0.5, 0.6) is 0 Å². The molecule has 35 heavy (non-hydrogen) atoms. The summed E-state index contributed by atoms with van der Waals surface area (Å²) in [5, 5.41) is 16.9. The van der Waals surface area contributed by atoms with Crippen LogP contribution in [0.3, 0.4) is 0 Å². The van der Waals surface area contributed by atoms with Crippen LogP contribution in [-0.2, 0) is 25.7 Å². The predicted molar refractivity (Wildman–Crippen MR) is 128 cm³/mol. The van der Waals surface area contributed by atoms with Gasteiger partial charge in [0.2, 0.25) is 5.91 Å². The van der Waals surface area contributed by atoms with E-state index in [0.29, 0.717) is 24.5 Å². The molecule has 1 spiro atoms. The summed E-state index contributed by atoms with van der Waals surface area (Å²) < 4.78 is 8.62. The zero-order valence-corrected chi connectivity index (χ0v) is 19.5. The number of rotatable bonds is 7. The zero-order valence-electron chi connectivity index (χ0n) is 19.5. The molecule has 2 bridgehead atoms. The lowest BCUT2D eigenvalue weighted by molar-refractivity contribution is -0.123. The first kappa shape index (κ1) is 26.1. The summed E-state index contributed by atoms with van der Waals surface area (Å²) in [6.07, 6.45) is 11.8. The minimum Gasteiger partial charge on any atom is -0.483 e. The molecule has 3 fully saturated rings. The SMILES string of the molecule is O=C(C=Cc1ccccc1)NC[C@H]1[C@H]2CN(CCn3ccnc3)C[C@]23CC[C@H]1O3.O=CO.O=CO. The molecular formula is C25H32N4O6. The lowest BCUT2D eigenvalue weighted by Gasteiger charge is -2.29. The molecule has 1 aromatic heterocycles. The number of ether oxygens (including phenoxy) is 1. The molecule has 1 aromatic carbocycles. The van der Waals surface area contributed by atoms with Gasteiger partial charge in [-0.15, -0.1) is 0 Å². The van der Waals surface area contributed by atoms with Crippen molar-refractivity contribution in [3.05, 3.63) is 60.7 Å². The smallest absolute Gasteiger partial charge is 0.290 e. The second kappa shape index (κ2) is 12.8. The van der Waals surface area contributed by atoms with Crippen LogP contribution in [0, 0.1) is 11.8 Å².